The molecule has 0 aromatic heterocycles. The standard InChI is InChI=1S/C8H17NO2S/c1-7(6-12-3)9(2)5-4-8(10)11/h7H,4-6H2,1-3H3,(H,10,11). The molecule has 3 nitrogen and oxygen atoms in total. The van der Waals surface area contributed by atoms with Gasteiger partial charge in [0.15, 0.2) is 0 Å². The summed E-state index contributed by atoms with van der Waals surface area (Å²) in [6.07, 6.45) is 2.29. The molecule has 0 saturated heterocycles. The zero-order valence-electron chi connectivity index (χ0n) is 7.91. The van der Waals surface area contributed by atoms with Crippen LogP contribution < -0.4 is 0 Å². The summed E-state index contributed by atoms with van der Waals surface area (Å²) in [4.78, 5) is 12.3. The Morgan fingerprint density at radius 2 is 2.25 bits per heavy atom. The molecule has 0 aliphatic rings. The van der Waals surface area contributed by atoms with E-state index in [4.69, 9.17) is 5.11 Å². The van der Waals surface area contributed by atoms with Crippen LogP contribution in [0.4, 0.5) is 0 Å². The Bertz CT molecular complexity index is 141. The van der Waals surface area contributed by atoms with E-state index in [1.54, 1.807) is 11.8 Å². The predicted molar refractivity (Wildman–Crippen MR) is 52.7 cm³/mol. The molecule has 0 bridgehead atoms. The van der Waals surface area contributed by atoms with E-state index in [-0.39, 0.29) is 6.42 Å². The van der Waals surface area contributed by atoms with Crippen molar-refractivity contribution in [1.82, 2.24) is 4.90 Å². The SMILES string of the molecule is CSCC(C)N(C)CCC(=O)O. The van der Waals surface area contributed by atoms with Gasteiger partial charge < -0.3 is 10.0 Å². The summed E-state index contributed by atoms with van der Waals surface area (Å²) >= 11 is 1.78. The van der Waals surface area contributed by atoms with Crippen LogP contribution in [0.2, 0.25) is 0 Å². The van der Waals surface area contributed by atoms with Crippen molar-refractivity contribution in [1.29, 1.82) is 0 Å². The van der Waals surface area contributed by atoms with Gasteiger partial charge in [0.25, 0.3) is 0 Å². The monoisotopic (exact) mass is 191 g/mol. The minimum atomic E-state index is -0.724. The number of hydrogen-bond acceptors (Lipinski definition) is 3. The summed E-state index contributed by atoms with van der Waals surface area (Å²) in [6, 6.07) is 0.458. The molecular formula is C8H17NO2S. The van der Waals surface area contributed by atoms with Gasteiger partial charge in [-0.25, -0.2) is 0 Å². The molecule has 12 heavy (non-hydrogen) atoms. The Morgan fingerprint density at radius 1 is 1.67 bits per heavy atom. The van der Waals surface area contributed by atoms with Crippen LogP contribution in [0.3, 0.4) is 0 Å². The number of rotatable bonds is 6. The van der Waals surface area contributed by atoms with Crippen LogP contribution in [-0.4, -0.2) is 47.6 Å². The molecule has 72 valence electrons. The Kier molecular flexibility index (Phi) is 6.20. The van der Waals surface area contributed by atoms with E-state index < -0.39 is 5.97 Å². The number of carboxylic acid groups (broad SMARTS) is 1. The second kappa shape index (κ2) is 6.31. The molecule has 0 spiro atoms. The van der Waals surface area contributed by atoms with Gasteiger partial charge in [-0.1, -0.05) is 0 Å². The molecule has 1 unspecified atom stereocenters. The second-order valence-corrected chi connectivity index (χ2v) is 3.84. The minimum absolute atomic E-state index is 0.231. The third-order valence-electron chi connectivity index (χ3n) is 1.84. The molecule has 1 N–H and O–H groups in total. The lowest BCUT2D eigenvalue weighted by molar-refractivity contribution is -0.137. The predicted octanol–water partition coefficient (Wildman–Crippen LogP) is 1.14. The number of nitrogens with zero attached hydrogens (tertiary/aromatic N) is 1. The topological polar surface area (TPSA) is 40.5 Å². The van der Waals surface area contributed by atoms with Gasteiger partial charge in [-0.05, 0) is 20.2 Å². The summed E-state index contributed by atoms with van der Waals surface area (Å²) in [7, 11) is 1.96. The molecule has 0 heterocycles. The van der Waals surface area contributed by atoms with Gasteiger partial charge in [0, 0.05) is 18.3 Å². The number of carboxylic acids is 1. The highest BCUT2D eigenvalue weighted by atomic mass is 32.2. The van der Waals surface area contributed by atoms with Gasteiger partial charge in [0.1, 0.15) is 0 Å². The number of aliphatic carboxylic acids is 1. The summed E-state index contributed by atoms with van der Waals surface area (Å²) in [6.45, 7) is 2.75. The van der Waals surface area contributed by atoms with Crippen molar-refractivity contribution in [2.45, 2.75) is 19.4 Å². The molecule has 0 aliphatic carbocycles. The van der Waals surface area contributed by atoms with Crippen molar-refractivity contribution in [2.75, 3.05) is 25.6 Å². The van der Waals surface area contributed by atoms with Gasteiger partial charge in [-0.2, -0.15) is 11.8 Å². The van der Waals surface area contributed by atoms with Gasteiger partial charge in [0.05, 0.1) is 6.42 Å². The molecule has 4 heteroatoms. The van der Waals surface area contributed by atoms with E-state index in [1.807, 2.05) is 7.05 Å². The van der Waals surface area contributed by atoms with Crippen LogP contribution >= 0.6 is 11.8 Å². The van der Waals surface area contributed by atoms with Crippen LogP contribution in [0.1, 0.15) is 13.3 Å². The van der Waals surface area contributed by atoms with E-state index in [0.717, 1.165) is 5.75 Å². The van der Waals surface area contributed by atoms with Crippen molar-refractivity contribution in [3.63, 3.8) is 0 Å². The van der Waals surface area contributed by atoms with Crippen molar-refractivity contribution in [2.24, 2.45) is 0 Å². The lowest BCUT2D eigenvalue weighted by Crippen LogP contribution is -2.32. The van der Waals surface area contributed by atoms with E-state index in [2.05, 4.69) is 18.1 Å². The first kappa shape index (κ1) is 11.8. The lowest BCUT2D eigenvalue weighted by atomic mass is 10.3. The molecule has 0 radical (unpaired) electrons. The van der Waals surface area contributed by atoms with Gasteiger partial charge in [0.2, 0.25) is 0 Å². The zero-order valence-corrected chi connectivity index (χ0v) is 8.73. The Labute approximate surface area is 78.1 Å². The Hall–Kier alpha value is -0.220. The maximum atomic E-state index is 10.3. The zero-order chi connectivity index (χ0) is 9.56. The quantitative estimate of drug-likeness (QED) is 0.683. The fourth-order valence-corrected chi connectivity index (χ4v) is 1.60. The first-order chi connectivity index (χ1) is 5.57. The third-order valence-corrected chi connectivity index (χ3v) is 2.65. The smallest absolute Gasteiger partial charge is 0.304 e. The molecule has 0 aromatic rings. The molecular weight excluding hydrogens is 174 g/mol. The van der Waals surface area contributed by atoms with Crippen molar-refractivity contribution < 1.29 is 9.90 Å². The third kappa shape index (κ3) is 5.43. The molecule has 0 aliphatic heterocycles. The summed E-state index contributed by atoms with van der Waals surface area (Å²) in [5.74, 6) is 0.328. The molecule has 0 rings (SSSR count). The summed E-state index contributed by atoms with van der Waals surface area (Å²) in [5, 5.41) is 8.44. The van der Waals surface area contributed by atoms with Crippen LogP contribution in [0.5, 0.6) is 0 Å². The lowest BCUT2D eigenvalue weighted by Gasteiger charge is -2.22. The number of carbonyl (C=O) groups is 1. The van der Waals surface area contributed by atoms with Crippen LogP contribution in [0.25, 0.3) is 0 Å². The average molecular weight is 191 g/mol. The summed E-state index contributed by atoms with van der Waals surface area (Å²) in [5.41, 5.74) is 0. The first-order valence-electron chi connectivity index (χ1n) is 3.99. The van der Waals surface area contributed by atoms with E-state index in [1.165, 1.54) is 0 Å². The first-order valence-corrected chi connectivity index (χ1v) is 5.38. The summed E-state index contributed by atoms with van der Waals surface area (Å²) < 4.78 is 0. The van der Waals surface area contributed by atoms with Crippen molar-refractivity contribution in [3.05, 3.63) is 0 Å². The maximum Gasteiger partial charge on any atom is 0.304 e. The van der Waals surface area contributed by atoms with Crippen LogP contribution in [0, 0.1) is 0 Å². The molecule has 0 aromatic carbocycles. The molecule has 0 fully saturated rings. The number of thioether (sulfide) groups is 1. The molecule has 0 saturated carbocycles. The van der Waals surface area contributed by atoms with Gasteiger partial charge >= 0.3 is 5.97 Å². The highest BCUT2D eigenvalue weighted by Gasteiger charge is 2.09. The fourth-order valence-electron chi connectivity index (χ4n) is 0.861. The van der Waals surface area contributed by atoms with Gasteiger partial charge in [-0.15, -0.1) is 0 Å². The largest absolute Gasteiger partial charge is 0.481 e. The molecule has 0 amide bonds. The Balaban J connectivity index is 3.55. The van der Waals surface area contributed by atoms with Gasteiger partial charge in [-0.3, -0.25) is 4.79 Å². The van der Waals surface area contributed by atoms with Crippen molar-refractivity contribution in [3.8, 4) is 0 Å². The van der Waals surface area contributed by atoms with Crippen LogP contribution in [-0.2, 0) is 4.79 Å². The number of hydrogen-bond donors (Lipinski definition) is 1. The molecule has 1 atom stereocenters. The highest BCUT2D eigenvalue weighted by molar-refractivity contribution is 7.98. The normalized spacial score (nSPS) is 13.3. The highest BCUT2D eigenvalue weighted by Crippen LogP contribution is 2.03. The van der Waals surface area contributed by atoms with E-state index in [0.29, 0.717) is 12.6 Å². The van der Waals surface area contributed by atoms with Crippen molar-refractivity contribution >= 4 is 17.7 Å². The van der Waals surface area contributed by atoms with Crippen LogP contribution in [0.15, 0.2) is 0 Å². The maximum absolute atomic E-state index is 10.3. The second-order valence-electron chi connectivity index (χ2n) is 2.93. The fraction of sp³-hybridized carbons (Fsp3) is 0.875. The Morgan fingerprint density at radius 3 is 2.67 bits per heavy atom. The average Bonchev–Trinajstić information content (AvgIpc) is 2.00. The van der Waals surface area contributed by atoms with E-state index >= 15 is 0 Å². The minimum Gasteiger partial charge on any atom is -0.481 e. The van der Waals surface area contributed by atoms with E-state index in [9.17, 15) is 4.79 Å².